The number of para-hydroxylation sites is 10. The maximum Gasteiger partial charge on any atom is 0.426 e. The summed E-state index contributed by atoms with van der Waals surface area (Å²) in [4.78, 5) is 5.05. The number of hydrogen-bond donors (Lipinski definition) is 0. The maximum absolute atomic E-state index is 2.52. The van der Waals surface area contributed by atoms with Gasteiger partial charge >= 0.3 is 6.98 Å². The Morgan fingerprint density at radius 3 is 0.914 bits per heavy atom. The molecule has 0 spiro atoms. The van der Waals surface area contributed by atoms with Crippen LogP contribution in [-0.4, -0.2) is 29.6 Å². The Labute approximate surface area is 402 Å². The van der Waals surface area contributed by atoms with Crippen LogP contribution in [0.1, 0.15) is 0 Å². The molecular weight excluding hydrogens is 854 g/mol. The van der Waals surface area contributed by atoms with Crippen LogP contribution in [0.25, 0.3) is 82.5 Å². The van der Waals surface area contributed by atoms with Crippen LogP contribution in [-0.2, 0) is 0 Å². The van der Waals surface area contributed by atoms with Crippen LogP contribution in [0.4, 0.5) is 34.4 Å². The lowest BCUT2D eigenvalue weighted by Gasteiger charge is -2.44. The van der Waals surface area contributed by atoms with Gasteiger partial charge in [0.05, 0.1) is 72.9 Å². The lowest BCUT2D eigenvalue weighted by Crippen LogP contribution is -2.55. The van der Waals surface area contributed by atoms with Crippen LogP contribution in [0.2, 0.25) is 0 Å². The first-order valence-electron chi connectivity index (χ1n) is 24.1. The number of hydrogen-bond acceptors (Lipinski definition) is 2. The molecule has 8 heteroatoms. The molecule has 0 bridgehead atoms. The molecule has 70 heavy (non-hydrogen) atoms. The van der Waals surface area contributed by atoms with Crippen LogP contribution < -0.4 is 15.3 Å². The van der Waals surface area contributed by atoms with E-state index in [4.69, 9.17) is 0 Å². The van der Waals surface area contributed by atoms with E-state index in [1.165, 1.54) is 70.9 Å². The van der Waals surface area contributed by atoms with Gasteiger partial charge in [-0.15, -0.1) is 0 Å². The van der Waals surface area contributed by atoms with Gasteiger partial charge in [0.25, 0.3) is 0 Å². The molecule has 2 aliphatic heterocycles. The second kappa shape index (κ2) is 14.1. The smallest absolute Gasteiger partial charge is 0.353 e. The number of rotatable bonds is 5. The Morgan fingerprint density at radius 2 is 0.557 bits per heavy atom. The molecule has 0 atom stereocenters. The standard InChI is InChI=1S/C62H40BN7/c1-7-25-48-42(19-1)43-20-2-8-26-49(43)66(48)41-39-58-62-59(40-41)70(57-34-16-14-32-55(57)68-52-29-11-5-23-46(52)47-24-6-12-30-53(47)68)61-36-18-38-65(61)63(62)64-37-17-35-60(64)69(58)56-33-15-13-31-54(56)67-50-27-9-3-21-44(50)45-22-4-10-28-51(45)67/h1-40H. The fraction of sp³-hybridized carbons (Fsp3) is 0. The molecule has 0 aliphatic carbocycles. The fourth-order valence-corrected chi connectivity index (χ4v) is 12.3. The van der Waals surface area contributed by atoms with Crippen LogP contribution in [0.3, 0.4) is 0 Å². The second-order valence-corrected chi connectivity index (χ2v) is 18.6. The van der Waals surface area contributed by atoms with E-state index in [1.807, 2.05) is 0 Å². The number of aromatic nitrogens is 5. The van der Waals surface area contributed by atoms with Gasteiger partial charge < -0.3 is 22.7 Å². The molecule has 0 amide bonds. The van der Waals surface area contributed by atoms with Gasteiger partial charge in [-0.05, 0) is 109 Å². The van der Waals surface area contributed by atoms with E-state index < -0.39 is 0 Å². The van der Waals surface area contributed by atoms with E-state index in [0.29, 0.717) is 0 Å². The second-order valence-electron chi connectivity index (χ2n) is 18.6. The highest BCUT2D eigenvalue weighted by Gasteiger charge is 2.45. The van der Waals surface area contributed by atoms with E-state index in [9.17, 15) is 0 Å². The molecule has 326 valence electrons. The first-order chi connectivity index (χ1) is 34.8. The molecule has 9 aromatic carbocycles. The van der Waals surface area contributed by atoms with E-state index in [1.54, 1.807) is 0 Å². The van der Waals surface area contributed by atoms with Crippen LogP contribution in [0.15, 0.2) is 243 Å². The van der Waals surface area contributed by atoms with Gasteiger partial charge in [0, 0.05) is 37.8 Å². The van der Waals surface area contributed by atoms with Gasteiger partial charge in [-0.2, -0.15) is 0 Å². The zero-order chi connectivity index (χ0) is 45.6. The largest absolute Gasteiger partial charge is 0.426 e. The van der Waals surface area contributed by atoms with Gasteiger partial charge in [0.1, 0.15) is 11.6 Å². The Hall–Kier alpha value is -9.40. The minimum atomic E-state index is -0.166. The molecule has 2 aliphatic rings. The molecule has 0 unspecified atom stereocenters. The van der Waals surface area contributed by atoms with Crippen molar-refractivity contribution in [2.24, 2.45) is 0 Å². The molecule has 7 nitrogen and oxygen atoms in total. The fourth-order valence-electron chi connectivity index (χ4n) is 12.3. The number of anilines is 6. The number of benzene rings is 9. The summed E-state index contributed by atoms with van der Waals surface area (Å²) in [6, 6.07) is 84.7. The van der Waals surface area contributed by atoms with Crippen molar-refractivity contribution in [3.05, 3.63) is 243 Å². The molecule has 0 saturated heterocycles. The molecule has 0 N–H and O–H groups in total. The average molecular weight is 894 g/mol. The van der Waals surface area contributed by atoms with Crippen molar-refractivity contribution in [1.29, 1.82) is 0 Å². The topological polar surface area (TPSA) is 31.1 Å². The van der Waals surface area contributed by atoms with E-state index >= 15 is 0 Å². The Bertz CT molecular complexity index is 4100. The average Bonchev–Trinajstić information content (AvgIpc) is 4.27. The lowest BCUT2D eigenvalue weighted by atomic mass is 9.62. The van der Waals surface area contributed by atoms with Crippen molar-refractivity contribution < 1.29 is 0 Å². The van der Waals surface area contributed by atoms with Crippen LogP contribution in [0.5, 0.6) is 0 Å². The zero-order valence-electron chi connectivity index (χ0n) is 37.8. The monoisotopic (exact) mass is 893 g/mol. The lowest BCUT2D eigenvalue weighted by molar-refractivity contribution is 0.993. The zero-order valence-corrected chi connectivity index (χ0v) is 37.8. The normalized spacial score (nSPS) is 13.1. The summed E-state index contributed by atoms with van der Waals surface area (Å²) in [6.45, 7) is -0.166. The maximum atomic E-state index is 2.52. The predicted octanol–water partition coefficient (Wildman–Crippen LogP) is 14.9. The van der Waals surface area contributed by atoms with Gasteiger partial charge in [-0.25, -0.2) is 0 Å². The molecule has 5 aromatic heterocycles. The van der Waals surface area contributed by atoms with Crippen molar-refractivity contribution in [2.75, 3.05) is 9.80 Å². The predicted molar refractivity (Wildman–Crippen MR) is 291 cm³/mol. The van der Waals surface area contributed by atoms with Crippen molar-refractivity contribution in [2.45, 2.75) is 0 Å². The van der Waals surface area contributed by atoms with Gasteiger partial charge in [-0.3, -0.25) is 9.80 Å². The highest BCUT2D eigenvalue weighted by atomic mass is 15.3. The van der Waals surface area contributed by atoms with Crippen molar-refractivity contribution in [3.8, 4) is 17.1 Å². The Balaban J connectivity index is 1.04. The quantitative estimate of drug-likeness (QED) is 0.161. The van der Waals surface area contributed by atoms with Crippen molar-refractivity contribution in [3.63, 3.8) is 0 Å². The number of fused-ring (bicyclic) bond motifs is 13. The Morgan fingerprint density at radius 1 is 0.257 bits per heavy atom. The minimum Gasteiger partial charge on any atom is -0.353 e. The Kier molecular flexibility index (Phi) is 7.57. The molecule has 0 saturated carbocycles. The van der Waals surface area contributed by atoms with Crippen molar-refractivity contribution in [1.82, 2.24) is 22.7 Å². The summed E-state index contributed by atoms with van der Waals surface area (Å²) in [5.74, 6) is 2.18. The molecular formula is C62H40BN7. The molecule has 0 radical (unpaired) electrons. The molecule has 16 rings (SSSR count). The van der Waals surface area contributed by atoms with Crippen molar-refractivity contribution >= 4 is 112 Å². The third-order valence-electron chi connectivity index (χ3n) is 15.1. The highest BCUT2D eigenvalue weighted by Crippen LogP contribution is 2.51. The van der Waals surface area contributed by atoms with E-state index in [2.05, 4.69) is 275 Å². The van der Waals surface area contributed by atoms with Gasteiger partial charge in [0.15, 0.2) is 0 Å². The van der Waals surface area contributed by atoms with Crippen LogP contribution in [0, 0.1) is 0 Å². The van der Waals surface area contributed by atoms with E-state index in [-0.39, 0.29) is 6.98 Å². The highest BCUT2D eigenvalue weighted by molar-refractivity contribution is 6.76. The summed E-state index contributed by atoms with van der Waals surface area (Å²) in [5.41, 5.74) is 16.0. The summed E-state index contributed by atoms with van der Waals surface area (Å²) in [5, 5.41) is 7.40. The summed E-state index contributed by atoms with van der Waals surface area (Å²) >= 11 is 0. The SMILES string of the molecule is c1ccc(-n2c3ccccc3c3ccccc32)c(N2c3cc(-n4c5ccccc5c5ccccc54)cc4c3B(n3cccc32)n2cccc2N4c2ccccc2-n2c3ccccc3c3ccccc32)c1. The summed E-state index contributed by atoms with van der Waals surface area (Å²) < 4.78 is 12.3. The summed E-state index contributed by atoms with van der Waals surface area (Å²) in [7, 11) is 0. The molecule has 14 aromatic rings. The van der Waals surface area contributed by atoms with Gasteiger partial charge in [-0.1, -0.05) is 133 Å². The summed E-state index contributed by atoms with van der Waals surface area (Å²) in [6.07, 6.45) is 4.52. The third kappa shape index (κ3) is 4.93. The minimum absolute atomic E-state index is 0.166. The first kappa shape index (κ1) is 37.7. The molecule has 7 heterocycles. The third-order valence-corrected chi connectivity index (χ3v) is 15.1. The van der Waals surface area contributed by atoms with Gasteiger partial charge in [0.2, 0.25) is 0 Å². The van der Waals surface area contributed by atoms with Crippen LogP contribution >= 0.6 is 0 Å². The first-order valence-corrected chi connectivity index (χ1v) is 24.1. The molecule has 0 fully saturated rings. The van der Waals surface area contributed by atoms with E-state index in [0.717, 1.165) is 51.4 Å². The number of nitrogens with zero attached hydrogens (tertiary/aromatic N) is 7.